The first kappa shape index (κ1) is 9.40. The molecule has 0 aliphatic heterocycles. The van der Waals surface area contributed by atoms with Crippen LogP contribution in [0.5, 0.6) is 0 Å². The third-order valence-corrected chi connectivity index (χ3v) is 3.48. The third kappa shape index (κ3) is 1.91. The minimum absolute atomic E-state index is 0.319. The van der Waals surface area contributed by atoms with Crippen molar-refractivity contribution in [3.05, 3.63) is 0 Å². The quantitative estimate of drug-likeness (QED) is 0.576. The normalized spacial score (nSPS) is 23.6. The summed E-state index contributed by atoms with van der Waals surface area (Å²) in [5.41, 5.74) is 0.319. The van der Waals surface area contributed by atoms with Gasteiger partial charge in [-0.25, -0.2) is 0 Å². The molecule has 1 fully saturated rings. The van der Waals surface area contributed by atoms with Gasteiger partial charge < -0.3 is 4.90 Å². The summed E-state index contributed by atoms with van der Waals surface area (Å²) in [5.74, 6) is 0. The molecule has 0 unspecified atom stereocenters. The molecule has 64 valence electrons. The Hall–Kier alpha value is 0.315. The molecule has 0 saturated heterocycles. The zero-order chi connectivity index (χ0) is 8.32. The number of hydrogen-bond donors (Lipinski definition) is 0. The molecule has 1 rings (SSSR count). The fraction of sp³-hybridized carbons (Fsp3) is 1.00. The molecule has 0 bridgehead atoms. The van der Waals surface area contributed by atoms with Gasteiger partial charge in [0.1, 0.15) is 0 Å². The molecule has 1 aliphatic rings. The second kappa shape index (κ2) is 3.82. The molecule has 0 aromatic heterocycles. The van der Waals surface area contributed by atoms with Crippen molar-refractivity contribution in [3.8, 4) is 0 Å². The zero-order valence-corrected chi connectivity index (χ0v) is 8.32. The maximum atomic E-state index is 5.99. The third-order valence-electron chi connectivity index (χ3n) is 2.98. The second-order valence-corrected chi connectivity index (χ2v) is 4.08. The molecule has 0 heterocycles. The fourth-order valence-corrected chi connectivity index (χ4v) is 2.42. The van der Waals surface area contributed by atoms with Gasteiger partial charge in [-0.15, -0.1) is 0 Å². The number of rotatable bonds is 2. The van der Waals surface area contributed by atoms with E-state index in [9.17, 15) is 0 Å². The van der Waals surface area contributed by atoms with Crippen molar-refractivity contribution in [2.75, 3.05) is 14.1 Å². The molecule has 0 spiro atoms. The van der Waals surface area contributed by atoms with E-state index in [-0.39, 0.29) is 0 Å². The molecule has 3 heteroatoms. The molecule has 11 heavy (non-hydrogen) atoms. The van der Waals surface area contributed by atoms with Gasteiger partial charge in [-0.2, -0.15) is 11.5 Å². The Kier molecular flexibility index (Phi) is 3.26. The maximum absolute atomic E-state index is 5.99. The molecular formula is C8H17BClN. The lowest BCUT2D eigenvalue weighted by Crippen LogP contribution is -2.49. The lowest BCUT2D eigenvalue weighted by Gasteiger charge is -2.41. The SMILES string of the molecule is CN(C)C1(BCl)CCCCC1. The van der Waals surface area contributed by atoms with Gasteiger partial charge in [-0.05, 0) is 26.9 Å². The lowest BCUT2D eigenvalue weighted by molar-refractivity contribution is 0.184. The summed E-state index contributed by atoms with van der Waals surface area (Å²) < 4.78 is 0. The predicted octanol–water partition coefficient (Wildman–Crippen LogP) is 1.80. The van der Waals surface area contributed by atoms with Gasteiger partial charge in [0, 0.05) is 5.44 Å². The Morgan fingerprint density at radius 2 is 1.73 bits per heavy atom. The topological polar surface area (TPSA) is 3.24 Å². The van der Waals surface area contributed by atoms with Crippen LogP contribution in [0.1, 0.15) is 32.1 Å². The Labute approximate surface area is 75.3 Å². The van der Waals surface area contributed by atoms with Crippen LogP contribution in [0.15, 0.2) is 0 Å². The van der Waals surface area contributed by atoms with Crippen LogP contribution >= 0.6 is 11.5 Å². The summed E-state index contributed by atoms with van der Waals surface area (Å²) in [5, 5.41) is 0. The smallest absolute Gasteiger partial charge is 0.254 e. The van der Waals surface area contributed by atoms with Crippen molar-refractivity contribution in [2.45, 2.75) is 37.5 Å². The van der Waals surface area contributed by atoms with E-state index in [1.807, 2.05) is 0 Å². The molecule has 0 N–H and O–H groups in total. The molecular weight excluding hydrogens is 156 g/mol. The van der Waals surface area contributed by atoms with Crippen LogP contribution in [-0.2, 0) is 0 Å². The van der Waals surface area contributed by atoms with Crippen LogP contribution < -0.4 is 0 Å². The summed E-state index contributed by atoms with van der Waals surface area (Å²) in [4.78, 5) is 2.30. The minimum Gasteiger partial charge on any atom is -0.310 e. The van der Waals surface area contributed by atoms with Crippen molar-refractivity contribution in [2.24, 2.45) is 0 Å². The number of hydrogen-bond acceptors (Lipinski definition) is 1. The number of nitrogens with zero attached hydrogens (tertiary/aromatic N) is 1. The molecule has 1 saturated carbocycles. The van der Waals surface area contributed by atoms with Gasteiger partial charge in [0.25, 0.3) is 6.69 Å². The van der Waals surface area contributed by atoms with Crippen LogP contribution in [0.2, 0.25) is 0 Å². The van der Waals surface area contributed by atoms with Gasteiger partial charge in [-0.3, -0.25) is 0 Å². The van der Waals surface area contributed by atoms with Crippen molar-refractivity contribution in [3.63, 3.8) is 0 Å². The van der Waals surface area contributed by atoms with Crippen LogP contribution in [0.4, 0.5) is 0 Å². The van der Waals surface area contributed by atoms with E-state index in [4.69, 9.17) is 11.5 Å². The van der Waals surface area contributed by atoms with Crippen molar-refractivity contribution in [1.82, 2.24) is 4.90 Å². The van der Waals surface area contributed by atoms with Crippen molar-refractivity contribution >= 4 is 18.2 Å². The lowest BCUT2D eigenvalue weighted by atomic mass is 9.65. The van der Waals surface area contributed by atoms with E-state index in [2.05, 4.69) is 19.0 Å². The average molecular weight is 173 g/mol. The van der Waals surface area contributed by atoms with Crippen LogP contribution in [0.3, 0.4) is 0 Å². The van der Waals surface area contributed by atoms with Crippen molar-refractivity contribution in [1.29, 1.82) is 0 Å². The minimum atomic E-state index is 0.319. The van der Waals surface area contributed by atoms with Crippen molar-refractivity contribution < 1.29 is 0 Å². The molecule has 0 aromatic rings. The highest BCUT2D eigenvalue weighted by atomic mass is 35.5. The average Bonchev–Trinajstić information content (AvgIpc) is 2.05. The van der Waals surface area contributed by atoms with E-state index < -0.39 is 0 Å². The van der Waals surface area contributed by atoms with Gasteiger partial charge in [-0.1, -0.05) is 19.3 Å². The highest BCUT2D eigenvalue weighted by Gasteiger charge is 2.33. The highest BCUT2D eigenvalue weighted by molar-refractivity contribution is 6.95. The second-order valence-electron chi connectivity index (χ2n) is 3.81. The van der Waals surface area contributed by atoms with Gasteiger partial charge in [0.05, 0.1) is 0 Å². The summed E-state index contributed by atoms with van der Waals surface area (Å²) >= 11 is 5.99. The zero-order valence-electron chi connectivity index (χ0n) is 7.57. The van der Waals surface area contributed by atoms with Gasteiger partial charge in [0.2, 0.25) is 0 Å². The molecule has 1 aliphatic carbocycles. The molecule has 0 radical (unpaired) electrons. The number of halogens is 1. The van der Waals surface area contributed by atoms with E-state index >= 15 is 0 Å². The molecule has 1 nitrogen and oxygen atoms in total. The standard InChI is InChI=1S/C8H17BClN/c1-11(2)8(9-10)6-4-3-5-7-8/h9H,3-7H2,1-2H3. The Morgan fingerprint density at radius 3 is 2.00 bits per heavy atom. The molecule has 0 atom stereocenters. The maximum Gasteiger partial charge on any atom is 0.254 e. The first-order valence-corrected chi connectivity index (χ1v) is 4.98. The predicted molar refractivity (Wildman–Crippen MR) is 52.5 cm³/mol. The summed E-state index contributed by atoms with van der Waals surface area (Å²) in [7, 11) is 4.29. The Bertz CT molecular complexity index is 121. The molecule has 0 aromatic carbocycles. The Balaban J connectivity index is 2.57. The van der Waals surface area contributed by atoms with Crippen LogP contribution in [0.25, 0.3) is 0 Å². The Morgan fingerprint density at radius 1 is 1.18 bits per heavy atom. The largest absolute Gasteiger partial charge is 0.310 e. The van der Waals surface area contributed by atoms with E-state index in [1.54, 1.807) is 0 Å². The van der Waals surface area contributed by atoms with Crippen LogP contribution in [-0.4, -0.2) is 31.1 Å². The summed E-state index contributed by atoms with van der Waals surface area (Å²) in [6.07, 6.45) is 6.66. The first-order chi connectivity index (χ1) is 5.21. The summed E-state index contributed by atoms with van der Waals surface area (Å²) in [6.45, 7) is 0.792. The summed E-state index contributed by atoms with van der Waals surface area (Å²) in [6, 6.07) is 0. The molecule has 0 amide bonds. The van der Waals surface area contributed by atoms with E-state index in [0.29, 0.717) is 5.44 Å². The fourth-order valence-electron chi connectivity index (χ4n) is 1.91. The highest BCUT2D eigenvalue weighted by Crippen LogP contribution is 2.31. The van der Waals surface area contributed by atoms with Gasteiger partial charge >= 0.3 is 0 Å². The van der Waals surface area contributed by atoms with Gasteiger partial charge in [0.15, 0.2) is 0 Å². The monoisotopic (exact) mass is 173 g/mol. The van der Waals surface area contributed by atoms with Crippen LogP contribution in [0, 0.1) is 0 Å². The first-order valence-electron chi connectivity index (χ1n) is 4.45. The van der Waals surface area contributed by atoms with E-state index in [1.165, 1.54) is 32.1 Å². The van der Waals surface area contributed by atoms with E-state index in [0.717, 1.165) is 6.69 Å².